The molecule has 90 valence electrons. The van der Waals surface area contributed by atoms with Crippen molar-refractivity contribution in [3.8, 4) is 0 Å². The first kappa shape index (κ1) is 13.2. The molecule has 1 heterocycles. The zero-order valence-electron chi connectivity index (χ0n) is 10.6. The second kappa shape index (κ2) is 4.18. The Hall–Kier alpha value is -0.873. The molecular formula is C12H20O3Si. The number of aliphatic hydroxyl groups is 1. The van der Waals surface area contributed by atoms with Crippen LogP contribution in [-0.4, -0.2) is 18.6 Å². The normalized spacial score (nSPS) is 12.9. The van der Waals surface area contributed by atoms with E-state index in [1.807, 2.05) is 0 Å². The van der Waals surface area contributed by atoms with Crippen LogP contribution < -0.4 is 0 Å². The van der Waals surface area contributed by atoms with Gasteiger partial charge in [0.1, 0.15) is 19.7 Å². The van der Waals surface area contributed by atoms with Crippen molar-refractivity contribution in [3.05, 3.63) is 23.7 Å². The first-order chi connectivity index (χ1) is 7.21. The standard InChI is InChI=1S/C12H20O3Si/c1-12(2,3)16(4,5)11(14)10-8-15-7-9(10)6-13/h7-8,13H,6H2,1-5H3. The van der Waals surface area contributed by atoms with Crippen molar-refractivity contribution in [1.82, 2.24) is 0 Å². The minimum absolute atomic E-state index is 0.00587. The van der Waals surface area contributed by atoms with Crippen molar-refractivity contribution in [1.29, 1.82) is 0 Å². The van der Waals surface area contributed by atoms with Crippen LogP contribution in [0, 0.1) is 0 Å². The van der Waals surface area contributed by atoms with E-state index in [0.29, 0.717) is 11.1 Å². The highest BCUT2D eigenvalue weighted by Crippen LogP contribution is 2.38. The molecule has 16 heavy (non-hydrogen) atoms. The molecule has 1 aromatic rings. The Labute approximate surface area is 97.5 Å². The maximum atomic E-state index is 12.4. The van der Waals surface area contributed by atoms with Crippen LogP contribution in [-0.2, 0) is 6.61 Å². The van der Waals surface area contributed by atoms with Crippen LogP contribution in [0.15, 0.2) is 16.9 Å². The van der Waals surface area contributed by atoms with Gasteiger partial charge in [-0.1, -0.05) is 33.9 Å². The number of aliphatic hydroxyl groups excluding tert-OH is 1. The van der Waals surface area contributed by atoms with Crippen molar-refractivity contribution in [3.63, 3.8) is 0 Å². The van der Waals surface area contributed by atoms with E-state index in [1.165, 1.54) is 12.5 Å². The molecular weight excluding hydrogens is 220 g/mol. The highest BCUT2D eigenvalue weighted by atomic mass is 28.3. The molecule has 0 unspecified atom stereocenters. The van der Waals surface area contributed by atoms with Gasteiger partial charge in [-0.3, -0.25) is 4.79 Å². The summed E-state index contributed by atoms with van der Waals surface area (Å²) < 4.78 is 5.01. The summed E-state index contributed by atoms with van der Waals surface area (Å²) in [7, 11) is -2.07. The zero-order valence-corrected chi connectivity index (χ0v) is 11.6. The maximum absolute atomic E-state index is 12.4. The Morgan fingerprint density at radius 2 is 1.94 bits per heavy atom. The summed E-state index contributed by atoms with van der Waals surface area (Å²) in [5.41, 5.74) is 1.14. The molecule has 0 fully saturated rings. The lowest BCUT2D eigenvalue weighted by atomic mass is 10.2. The smallest absolute Gasteiger partial charge is 0.144 e. The van der Waals surface area contributed by atoms with Gasteiger partial charge in [0.25, 0.3) is 0 Å². The Bertz CT molecular complexity index is 385. The highest BCUT2D eigenvalue weighted by molar-refractivity contribution is 7.08. The van der Waals surface area contributed by atoms with Gasteiger partial charge in [-0.15, -0.1) is 0 Å². The predicted octanol–water partition coefficient (Wildman–Crippen LogP) is 3.00. The zero-order chi connectivity index (χ0) is 12.6. The van der Waals surface area contributed by atoms with Gasteiger partial charge in [0.15, 0.2) is 0 Å². The Morgan fingerprint density at radius 1 is 1.38 bits per heavy atom. The second-order valence-corrected chi connectivity index (χ2v) is 10.9. The number of carbonyl (C=O) groups is 1. The molecule has 0 spiro atoms. The molecule has 1 N–H and O–H groups in total. The molecule has 0 saturated heterocycles. The van der Waals surface area contributed by atoms with Crippen molar-refractivity contribution >= 4 is 13.5 Å². The van der Waals surface area contributed by atoms with E-state index in [9.17, 15) is 4.79 Å². The summed E-state index contributed by atoms with van der Waals surface area (Å²) >= 11 is 0. The molecule has 3 nitrogen and oxygen atoms in total. The second-order valence-electron chi connectivity index (χ2n) is 5.67. The predicted molar refractivity (Wildman–Crippen MR) is 66.2 cm³/mol. The van der Waals surface area contributed by atoms with Gasteiger partial charge >= 0.3 is 0 Å². The van der Waals surface area contributed by atoms with E-state index in [2.05, 4.69) is 33.9 Å². The van der Waals surface area contributed by atoms with Crippen LogP contribution in [0.2, 0.25) is 18.1 Å². The number of rotatable bonds is 3. The van der Waals surface area contributed by atoms with Crippen molar-refractivity contribution < 1.29 is 14.3 Å². The van der Waals surface area contributed by atoms with Gasteiger partial charge in [0.05, 0.1) is 18.4 Å². The quantitative estimate of drug-likeness (QED) is 0.826. The van der Waals surface area contributed by atoms with Gasteiger partial charge < -0.3 is 9.52 Å². The molecule has 0 amide bonds. The number of carbonyl (C=O) groups excluding carboxylic acids is 1. The van der Waals surface area contributed by atoms with Crippen LogP contribution in [0.1, 0.15) is 36.7 Å². The fraction of sp³-hybridized carbons (Fsp3) is 0.583. The van der Waals surface area contributed by atoms with Gasteiger partial charge in [-0.05, 0) is 5.04 Å². The Kier molecular flexibility index (Phi) is 3.45. The summed E-state index contributed by atoms with van der Waals surface area (Å²) in [5.74, 6) is 0. The molecule has 0 radical (unpaired) electrons. The van der Waals surface area contributed by atoms with E-state index in [-0.39, 0.29) is 17.1 Å². The van der Waals surface area contributed by atoms with Gasteiger partial charge in [-0.25, -0.2) is 0 Å². The summed E-state index contributed by atoms with van der Waals surface area (Å²) in [6, 6.07) is 0. The third-order valence-corrected chi connectivity index (χ3v) is 8.75. The minimum Gasteiger partial charge on any atom is -0.471 e. The van der Waals surface area contributed by atoms with E-state index in [0.717, 1.165) is 0 Å². The molecule has 0 aliphatic carbocycles. The summed E-state index contributed by atoms with van der Waals surface area (Å²) in [5, 5.41) is 9.27. The lowest BCUT2D eigenvalue weighted by Gasteiger charge is -2.34. The van der Waals surface area contributed by atoms with Gasteiger partial charge in [0.2, 0.25) is 0 Å². The van der Waals surface area contributed by atoms with E-state index in [4.69, 9.17) is 9.52 Å². The molecule has 0 saturated carbocycles. The van der Waals surface area contributed by atoms with Gasteiger partial charge in [-0.2, -0.15) is 0 Å². The molecule has 0 aliphatic rings. The van der Waals surface area contributed by atoms with Crippen LogP contribution in [0.4, 0.5) is 0 Å². The summed E-state index contributed by atoms with van der Waals surface area (Å²) in [6.45, 7) is 10.3. The third kappa shape index (κ3) is 2.13. The highest BCUT2D eigenvalue weighted by Gasteiger charge is 2.43. The largest absolute Gasteiger partial charge is 0.471 e. The van der Waals surface area contributed by atoms with Crippen LogP contribution >= 0.6 is 0 Å². The Morgan fingerprint density at radius 3 is 2.38 bits per heavy atom. The molecule has 0 atom stereocenters. The lowest BCUT2D eigenvalue weighted by Crippen LogP contribution is -2.46. The Balaban J connectivity index is 3.12. The van der Waals surface area contributed by atoms with E-state index >= 15 is 0 Å². The van der Waals surface area contributed by atoms with Crippen LogP contribution in [0.3, 0.4) is 0 Å². The van der Waals surface area contributed by atoms with Crippen LogP contribution in [0.25, 0.3) is 0 Å². The fourth-order valence-electron chi connectivity index (χ4n) is 1.32. The third-order valence-electron chi connectivity index (χ3n) is 3.60. The number of hydrogen-bond donors (Lipinski definition) is 1. The molecule has 0 bridgehead atoms. The first-order valence-electron chi connectivity index (χ1n) is 5.42. The molecule has 1 rings (SSSR count). The van der Waals surface area contributed by atoms with E-state index < -0.39 is 8.07 Å². The molecule has 0 aliphatic heterocycles. The SMILES string of the molecule is CC(C)(C)[Si](C)(C)C(=O)c1cocc1CO. The average molecular weight is 240 g/mol. The van der Waals surface area contributed by atoms with E-state index in [1.54, 1.807) is 0 Å². The molecule has 0 aromatic carbocycles. The van der Waals surface area contributed by atoms with Crippen molar-refractivity contribution in [2.75, 3.05) is 0 Å². The van der Waals surface area contributed by atoms with Gasteiger partial charge in [0, 0.05) is 5.56 Å². The summed E-state index contributed by atoms with van der Waals surface area (Å²) in [4.78, 5) is 12.4. The average Bonchev–Trinajstić information content (AvgIpc) is 2.62. The lowest BCUT2D eigenvalue weighted by molar-refractivity contribution is 0.106. The van der Waals surface area contributed by atoms with Crippen LogP contribution in [0.5, 0.6) is 0 Å². The minimum atomic E-state index is -2.07. The fourth-order valence-corrected chi connectivity index (χ4v) is 2.90. The first-order valence-corrected chi connectivity index (χ1v) is 8.42. The molecule has 4 heteroatoms. The molecule has 1 aromatic heterocycles. The summed E-state index contributed by atoms with van der Waals surface area (Å²) in [6.07, 6.45) is 2.90. The van der Waals surface area contributed by atoms with Crippen molar-refractivity contribution in [2.45, 2.75) is 45.5 Å². The van der Waals surface area contributed by atoms with Crippen molar-refractivity contribution in [2.24, 2.45) is 0 Å². The topological polar surface area (TPSA) is 50.4 Å². The maximum Gasteiger partial charge on any atom is 0.144 e. The number of hydrogen-bond acceptors (Lipinski definition) is 3. The monoisotopic (exact) mass is 240 g/mol. The number of furan rings is 1.